The SMILES string of the molecule is O=C(NCc1ccsc1)[C@@]1(Cc2cscn2)C[C@H]2CC[C@@H]1N2C1CCOCC1. The van der Waals surface area contributed by atoms with E-state index in [0.29, 0.717) is 24.7 Å². The average Bonchev–Trinajstić information content (AvgIpc) is 3.51. The molecule has 0 aromatic carbocycles. The molecule has 0 spiro atoms. The number of hydrogen-bond donors (Lipinski definition) is 1. The monoisotopic (exact) mass is 417 g/mol. The Kier molecular flexibility index (Phi) is 5.26. The van der Waals surface area contributed by atoms with Crippen molar-refractivity contribution in [2.75, 3.05) is 13.2 Å². The van der Waals surface area contributed by atoms with E-state index in [1.165, 1.54) is 12.0 Å². The number of amides is 1. The summed E-state index contributed by atoms with van der Waals surface area (Å²) in [6, 6.07) is 3.50. The van der Waals surface area contributed by atoms with Crippen LogP contribution in [0.4, 0.5) is 0 Å². The summed E-state index contributed by atoms with van der Waals surface area (Å²) in [5, 5.41) is 9.57. The van der Waals surface area contributed by atoms with Crippen molar-refractivity contribution >= 4 is 28.6 Å². The fourth-order valence-electron chi connectivity index (χ4n) is 5.68. The molecule has 3 aliphatic rings. The molecule has 0 unspecified atom stereocenters. The van der Waals surface area contributed by atoms with E-state index in [2.05, 4.69) is 37.4 Å². The number of carbonyl (C=O) groups is 1. The van der Waals surface area contributed by atoms with Crippen LogP contribution in [-0.2, 0) is 22.5 Å². The number of hydrogen-bond acceptors (Lipinski definition) is 6. The van der Waals surface area contributed by atoms with Crippen LogP contribution in [0, 0.1) is 5.41 Å². The van der Waals surface area contributed by atoms with Gasteiger partial charge in [-0.2, -0.15) is 11.3 Å². The zero-order chi connectivity index (χ0) is 19.0. The molecule has 28 heavy (non-hydrogen) atoms. The van der Waals surface area contributed by atoms with Crippen LogP contribution in [0.2, 0.25) is 0 Å². The van der Waals surface area contributed by atoms with Crippen molar-refractivity contribution in [3.63, 3.8) is 0 Å². The maximum absolute atomic E-state index is 13.6. The fraction of sp³-hybridized carbons (Fsp3) is 0.619. The second kappa shape index (κ2) is 7.86. The van der Waals surface area contributed by atoms with E-state index in [1.807, 2.05) is 5.51 Å². The summed E-state index contributed by atoms with van der Waals surface area (Å²) in [5.74, 6) is 0.218. The summed E-state index contributed by atoms with van der Waals surface area (Å²) >= 11 is 3.30. The first kappa shape index (κ1) is 18.7. The Morgan fingerprint density at radius 1 is 1.21 bits per heavy atom. The number of carbonyl (C=O) groups excluding carboxylic acids is 1. The van der Waals surface area contributed by atoms with Gasteiger partial charge in [0, 0.05) is 49.7 Å². The van der Waals surface area contributed by atoms with E-state index < -0.39 is 0 Å². The van der Waals surface area contributed by atoms with Crippen LogP contribution in [0.5, 0.6) is 0 Å². The molecule has 0 aliphatic carbocycles. The molecule has 3 saturated heterocycles. The first-order chi connectivity index (χ1) is 13.8. The minimum absolute atomic E-state index is 0.218. The average molecular weight is 418 g/mol. The molecule has 2 bridgehead atoms. The third-order valence-corrected chi connectivity index (χ3v) is 8.24. The van der Waals surface area contributed by atoms with Gasteiger partial charge in [-0.3, -0.25) is 9.69 Å². The van der Waals surface area contributed by atoms with Crippen molar-refractivity contribution in [1.29, 1.82) is 0 Å². The van der Waals surface area contributed by atoms with Crippen molar-refractivity contribution in [2.24, 2.45) is 5.41 Å². The molecule has 5 rings (SSSR count). The number of thiophene rings is 1. The molecule has 1 amide bonds. The lowest BCUT2D eigenvalue weighted by molar-refractivity contribution is -0.133. The largest absolute Gasteiger partial charge is 0.381 e. The van der Waals surface area contributed by atoms with Gasteiger partial charge in [-0.15, -0.1) is 11.3 Å². The first-order valence-electron chi connectivity index (χ1n) is 10.3. The van der Waals surface area contributed by atoms with E-state index in [4.69, 9.17) is 4.74 Å². The molecule has 1 N–H and O–H groups in total. The van der Waals surface area contributed by atoms with Crippen molar-refractivity contribution in [2.45, 2.75) is 63.2 Å². The maximum Gasteiger partial charge on any atom is 0.228 e. The summed E-state index contributed by atoms with van der Waals surface area (Å²) in [6.45, 7) is 2.32. The van der Waals surface area contributed by atoms with E-state index in [9.17, 15) is 4.79 Å². The molecule has 3 fully saturated rings. The van der Waals surface area contributed by atoms with E-state index in [0.717, 1.165) is 51.0 Å². The zero-order valence-corrected chi connectivity index (χ0v) is 17.6. The molecular formula is C21H27N3O2S2. The van der Waals surface area contributed by atoms with Gasteiger partial charge in [0.2, 0.25) is 5.91 Å². The van der Waals surface area contributed by atoms with Gasteiger partial charge in [0.1, 0.15) is 0 Å². The van der Waals surface area contributed by atoms with E-state index in [1.54, 1.807) is 22.7 Å². The summed E-state index contributed by atoms with van der Waals surface area (Å²) in [6.07, 6.45) is 6.25. The van der Waals surface area contributed by atoms with Crippen LogP contribution in [0.3, 0.4) is 0 Å². The van der Waals surface area contributed by atoms with Crippen LogP contribution in [-0.4, -0.2) is 47.1 Å². The second-order valence-electron chi connectivity index (χ2n) is 8.37. The van der Waals surface area contributed by atoms with Gasteiger partial charge < -0.3 is 10.1 Å². The molecule has 0 saturated carbocycles. The number of thiazole rings is 1. The summed E-state index contributed by atoms with van der Waals surface area (Å²) in [5.41, 5.74) is 3.78. The van der Waals surface area contributed by atoms with Crippen LogP contribution in [0.25, 0.3) is 0 Å². The Morgan fingerprint density at radius 3 is 2.86 bits per heavy atom. The molecule has 5 heterocycles. The molecule has 0 radical (unpaired) electrons. The van der Waals surface area contributed by atoms with Crippen molar-refractivity contribution in [1.82, 2.24) is 15.2 Å². The number of nitrogens with one attached hydrogen (secondary N) is 1. The van der Waals surface area contributed by atoms with Gasteiger partial charge in [-0.05, 0) is 54.5 Å². The van der Waals surface area contributed by atoms with Crippen LogP contribution in [0.1, 0.15) is 43.4 Å². The third-order valence-electron chi connectivity index (χ3n) is 6.87. The van der Waals surface area contributed by atoms with Gasteiger partial charge >= 0.3 is 0 Å². The predicted molar refractivity (Wildman–Crippen MR) is 112 cm³/mol. The number of rotatable bonds is 6. The predicted octanol–water partition coefficient (Wildman–Crippen LogP) is 3.47. The van der Waals surface area contributed by atoms with Gasteiger partial charge in [0.25, 0.3) is 0 Å². The lowest BCUT2D eigenvalue weighted by atomic mass is 9.70. The molecule has 150 valence electrons. The smallest absolute Gasteiger partial charge is 0.228 e. The van der Waals surface area contributed by atoms with E-state index >= 15 is 0 Å². The highest BCUT2D eigenvalue weighted by Crippen LogP contribution is 2.53. The standard InChI is InChI=1S/C21H27N3O2S2/c25-20(22-11-15-5-8-27-12-15)21(9-16-13-28-14-23-16)10-18-1-2-19(21)24(18)17-3-6-26-7-4-17/h5,8,12-14,17-19H,1-4,6-7,9-11H2,(H,22,25)/t18-,19+,21+/m1/s1. The lowest BCUT2D eigenvalue weighted by Gasteiger charge is -2.39. The van der Waals surface area contributed by atoms with Crippen LogP contribution >= 0.6 is 22.7 Å². The van der Waals surface area contributed by atoms with Crippen LogP contribution in [0.15, 0.2) is 27.7 Å². The molecule has 5 nitrogen and oxygen atoms in total. The summed E-state index contributed by atoms with van der Waals surface area (Å²) in [7, 11) is 0. The van der Waals surface area contributed by atoms with Crippen molar-refractivity contribution in [3.05, 3.63) is 39.0 Å². The minimum atomic E-state index is -0.356. The summed E-state index contributed by atoms with van der Waals surface area (Å²) < 4.78 is 5.60. The maximum atomic E-state index is 13.6. The summed E-state index contributed by atoms with van der Waals surface area (Å²) in [4.78, 5) is 20.9. The van der Waals surface area contributed by atoms with Crippen molar-refractivity contribution < 1.29 is 9.53 Å². The Bertz CT molecular complexity index is 789. The number of aromatic nitrogens is 1. The molecule has 7 heteroatoms. The first-order valence-corrected chi connectivity index (χ1v) is 12.2. The zero-order valence-electron chi connectivity index (χ0n) is 16.0. The van der Waals surface area contributed by atoms with Gasteiger partial charge in [0.15, 0.2) is 0 Å². The molecule has 2 aromatic rings. The number of fused-ring (bicyclic) bond motifs is 2. The molecule has 3 atom stereocenters. The number of ether oxygens (including phenoxy) is 1. The quantitative estimate of drug-likeness (QED) is 0.782. The molecule has 2 aromatic heterocycles. The van der Waals surface area contributed by atoms with Gasteiger partial charge in [-0.25, -0.2) is 4.98 Å². The van der Waals surface area contributed by atoms with E-state index in [-0.39, 0.29) is 11.3 Å². The normalized spacial score (nSPS) is 30.7. The third kappa shape index (κ3) is 3.32. The van der Waals surface area contributed by atoms with Gasteiger partial charge in [-0.1, -0.05) is 0 Å². The molecule has 3 aliphatic heterocycles. The highest BCUT2D eigenvalue weighted by Gasteiger charge is 2.61. The molecular weight excluding hydrogens is 390 g/mol. The minimum Gasteiger partial charge on any atom is -0.381 e. The highest BCUT2D eigenvalue weighted by molar-refractivity contribution is 7.08. The van der Waals surface area contributed by atoms with Gasteiger partial charge in [0.05, 0.1) is 16.6 Å². The lowest BCUT2D eigenvalue weighted by Crippen LogP contribution is -2.52. The second-order valence-corrected chi connectivity index (χ2v) is 9.87. The Hall–Kier alpha value is -1.28. The fourth-order valence-corrected chi connectivity index (χ4v) is 6.91. The highest BCUT2D eigenvalue weighted by atomic mass is 32.1. The number of nitrogens with zero attached hydrogens (tertiary/aromatic N) is 2. The van der Waals surface area contributed by atoms with Crippen molar-refractivity contribution in [3.8, 4) is 0 Å². The topological polar surface area (TPSA) is 54.5 Å². The Labute approximate surface area is 174 Å². The Morgan fingerprint density at radius 2 is 2.11 bits per heavy atom. The van der Waals surface area contributed by atoms with Crippen LogP contribution < -0.4 is 5.32 Å². The Balaban J connectivity index is 1.40.